The summed E-state index contributed by atoms with van der Waals surface area (Å²) in [7, 11) is 0. The van der Waals surface area contributed by atoms with Gasteiger partial charge >= 0.3 is 0 Å². The fraction of sp³-hybridized carbons (Fsp3) is 0.429. The number of fused-ring (bicyclic) bond motifs is 1. The monoisotopic (exact) mass is 214 g/mol. The summed E-state index contributed by atoms with van der Waals surface area (Å²) in [6, 6.07) is 4.26. The molecule has 0 saturated heterocycles. The van der Waals surface area contributed by atoms with E-state index < -0.39 is 0 Å². The fourth-order valence-corrected chi connectivity index (χ4v) is 1.91. The summed E-state index contributed by atoms with van der Waals surface area (Å²) in [6.45, 7) is 8.46. The quantitative estimate of drug-likeness (QED) is 0.764. The van der Waals surface area contributed by atoms with Gasteiger partial charge in [0.1, 0.15) is 0 Å². The maximum absolute atomic E-state index is 4.70. The van der Waals surface area contributed by atoms with Gasteiger partial charge < -0.3 is 0 Å². The topological polar surface area (TPSA) is 25.8 Å². The summed E-state index contributed by atoms with van der Waals surface area (Å²) in [5, 5.41) is 0. The van der Waals surface area contributed by atoms with Crippen molar-refractivity contribution in [3.8, 4) is 0 Å². The van der Waals surface area contributed by atoms with E-state index in [1.54, 1.807) is 0 Å². The predicted octanol–water partition coefficient (Wildman–Crippen LogP) is 3.51. The maximum atomic E-state index is 4.70. The minimum absolute atomic E-state index is 1.01. The van der Waals surface area contributed by atoms with E-state index in [0.717, 1.165) is 35.3 Å². The van der Waals surface area contributed by atoms with Gasteiger partial charge in [0.05, 0.1) is 22.4 Å². The van der Waals surface area contributed by atoms with Gasteiger partial charge in [-0.2, -0.15) is 0 Å². The van der Waals surface area contributed by atoms with Gasteiger partial charge in [0, 0.05) is 0 Å². The molecule has 1 aromatic heterocycles. The number of hydrogen-bond donors (Lipinski definition) is 0. The normalized spacial score (nSPS) is 11.0. The van der Waals surface area contributed by atoms with Gasteiger partial charge in [0.25, 0.3) is 0 Å². The number of benzene rings is 1. The van der Waals surface area contributed by atoms with Crippen LogP contribution in [0.25, 0.3) is 11.0 Å². The number of nitrogens with zero attached hydrogens (tertiary/aromatic N) is 2. The third-order valence-corrected chi connectivity index (χ3v) is 3.04. The highest BCUT2D eigenvalue weighted by atomic mass is 14.8. The van der Waals surface area contributed by atoms with Crippen molar-refractivity contribution in [1.29, 1.82) is 0 Å². The molecule has 0 aliphatic carbocycles. The lowest BCUT2D eigenvalue weighted by Gasteiger charge is -2.07. The number of hydrogen-bond acceptors (Lipinski definition) is 2. The van der Waals surface area contributed by atoms with E-state index in [9.17, 15) is 0 Å². The molecule has 0 bridgehead atoms. The van der Waals surface area contributed by atoms with E-state index in [2.05, 4.69) is 37.9 Å². The first-order valence-electron chi connectivity index (χ1n) is 5.86. The first kappa shape index (κ1) is 11.1. The molecule has 16 heavy (non-hydrogen) atoms. The van der Waals surface area contributed by atoms with Gasteiger partial charge in [-0.15, -0.1) is 0 Å². The Morgan fingerprint density at radius 3 is 2.06 bits per heavy atom. The summed E-state index contributed by atoms with van der Waals surface area (Å²) in [4.78, 5) is 9.34. The van der Waals surface area contributed by atoms with Gasteiger partial charge in [-0.3, -0.25) is 0 Å². The van der Waals surface area contributed by atoms with Crippen LogP contribution in [0.4, 0.5) is 0 Å². The molecule has 2 nitrogen and oxygen atoms in total. The third-order valence-electron chi connectivity index (χ3n) is 3.04. The molecule has 0 amide bonds. The number of aryl methyl sites for hydroxylation is 4. The van der Waals surface area contributed by atoms with Crippen molar-refractivity contribution in [3.63, 3.8) is 0 Å². The van der Waals surface area contributed by atoms with E-state index in [0.29, 0.717) is 0 Å². The lowest BCUT2D eigenvalue weighted by Crippen LogP contribution is -1.99. The molecule has 0 aliphatic heterocycles. The molecule has 0 spiro atoms. The van der Waals surface area contributed by atoms with Crippen LogP contribution in [0.5, 0.6) is 0 Å². The minimum atomic E-state index is 1.01. The highest BCUT2D eigenvalue weighted by molar-refractivity contribution is 5.76. The molecule has 1 heterocycles. The van der Waals surface area contributed by atoms with Crippen molar-refractivity contribution in [2.75, 3.05) is 0 Å². The number of aromatic nitrogens is 2. The zero-order valence-electron chi connectivity index (χ0n) is 10.5. The molecule has 0 saturated carbocycles. The summed E-state index contributed by atoms with van der Waals surface area (Å²) >= 11 is 0. The Morgan fingerprint density at radius 1 is 0.938 bits per heavy atom. The molecule has 84 valence electrons. The van der Waals surface area contributed by atoms with Gasteiger partial charge in [0.2, 0.25) is 0 Å². The lowest BCUT2D eigenvalue weighted by molar-refractivity contribution is 0.865. The predicted molar refractivity (Wildman–Crippen MR) is 67.7 cm³/mol. The smallest absolute Gasteiger partial charge is 0.0893 e. The average molecular weight is 214 g/mol. The second kappa shape index (κ2) is 4.20. The van der Waals surface area contributed by atoms with E-state index in [4.69, 9.17) is 4.98 Å². The highest BCUT2D eigenvalue weighted by Crippen LogP contribution is 2.18. The maximum Gasteiger partial charge on any atom is 0.0893 e. The first-order chi connectivity index (χ1) is 7.61. The first-order valence-corrected chi connectivity index (χ1v) is 5.86. The zero-order valence-corrected chi connectivity index (χ0v) is 10.5. The standard InChI is InChI=1S/C14H18N2/c1-5-6-12-11(4)15-13-7-9(2)10(3)8-14(13)16-12/h7-8H,5-6H2,1-4H3. The Labute approximate surface area is 96.7 Å². The van der Waals surface area contributed by atoms with Crippen LogP contribution >= 0.6 is 0 Å². The molecule has 0 fully saturated rings. The van der Waals surface area contributed by atoms with E-state index in [1.807, 2.05) is 6.92 Å². The van der Waals surface area contributed by atoms with Crippen molar-refractivity contribution < 1.29 is 0 Å². The number of rotatable bonds is 2. The Hall–Kier alpha value is -1.44. The summed E-state index contributed by atoms with van der Waals surface area (Å²) in [5.74, 6) is 0. The minimum Gasteiger partial charge on any atom is -0.250 e. The van der Waals surface area contributed by atoms with Crippen LogP contribution in [0.1, 0.15) is 35.9 Å². The van der Waals surface area contributed by atoms with Crippen molar-refractivity contribution in [3.05, 3.63) is 34.6 Å². The molecule has 2 heteroatoms. The van der Waals surface area contributed by atoms with Crippen LogP contribution in [0.3, 0.4) is 0 Å². The van der Waals surface area contributed by atoms with Crippen molar-refractivity contribution in [2.24, 2.45) is 0 Å². The van der Waals surface area contributed by atoms with Crippen LogP contribution in [-0.4, -0.2) is 9.97 Å². The van der Waals surface area contributed by atoms with Crippen molar-refractivity contribution in [2.45, 2.75) is 40.5 Å². The lowest BCUT2D eigenvalue weighted by atomic mass is 10.1. The zero-order chi connectivity index (χ0) is 11.7. The van der Waals surface area contributed by atoms with Crippen molar-refractivity contribution >= 4 is 11.0 Å². The molecule has 0 aliphatic rings. The van der Waals surface area contributed by atoms with E-state index in [1.165, 1.54) is 11.1 Å². The molecule has 0 unspecified atom stereocenters. The molecule has 0 radical (unpaired) electrons. The van der Waals surface area contributed by atoms with Crippen LogP contribution in [0.2, 0.25) is 0 Å². The molecule has 1 aromatic carbocycles. The van der Waals surface area contributed by atoms with Crippen LogP contribution in [-0.2, 0) is 6.42 Å². The highest BCUT2D eigenvalue weighted by Gasteiger charge is 2.05. The Balaban J connectivity index is 2.65. The van der Waals surface area contributed by atoms with Gasteiger partial charge in [-0.05, 0) is 50.5 Å². The van der Waals surface area contributed by atoms with Gasteiger partial charge in [0.15, 0.2) is 0 Å². The second-order valence-corrected chi connectivity index (χ2v) is 4.43. The summed E-state index contributed by atoms with van der Waals surface area (Å²) < 4.78 is 0. The Bertz CT molecular complexity index is 530. The van der Waals surface area contributed by atoms with Crippen LogP contribution in [0, 0.1) is 20.8 Å². The molecular formula is C14H18N2. The summed E-state index contributed by atoms with van der Waals surface area (Å²) in [6.07, 6.45) is 2.13. The van der Waals surface area contributed by atoms with Gasteiger partial charge in [-0.1, -0.05) is 13.3 Å². The second-order valence-electron chi connectivity index (χ2n) is 4.43. The molecule has 2 aromatic rings. The molecular weight excluding hydrogens is 196 g/mol. The fourth-order valence-electron chi connectivity index (χ4n) is 1.91. The molecule has 2 rings (SSSR count). The van der Waals surface area contributed by atoms with Crippen LogP contribution < -0.4 is 0 Å². The Morgan fingerprint density at radius 2 is 1.50 bits per heavy atom. The van der Waals surface area contributed by atoms with Crippen molar-refractivity contribution in [1.82, 2.24) is 9.97 Å². The van der Waals surface area contributed by atoms with Crippen LogP contribution in [0.15, 0.2) is 12.1 Å². The van der Waals surface area contributed by atoms with Gasteiger partial charge in [-0.25, -0.2) is 9.97 Å². The average Bonchev–Trinajstić information content (AvgIpc) is 2.23. The SMILES string of the molecule is CCCc1nc2cc(C)c(C)cc2nc1C. The molecule has 0 atom stereocenters. The molecule has 0 N–H and O–H groups in total. The Kier molecular flexibility index (Phi) is 2.90. The van der Waals surface area contributed by atoms with E-state index in [-0.39, 0.29) is 0 Å². The largest absolute Gasteiger partial charge is 0.250 e. The van der Waals surface area contributed by atoms with E-state index >= 15 is 0 Å². The summed E-state index contributed by atoms with van der Waals surface area (Å²) in [5.41, 5.74) is 6.81. The third kappa shape index (κ3) is 1.92.